The Morgan fingerprint density at radius 1 is 1.12 bits per heavy atom. The van der Waals surface area contributed by atoms with Gasteiger partial charge in [0.2, 0.25) is 0 Å². The lowest BCUT2D eigenvalue weighted by Gasteiger charge is -2.27. The van der Waals surface area contributed by atoms with Crippen LogP contribution in [-0.4, -0.2) is 75.0 Å². The Kier molecular flexibility index (Phi) is 3.21. The van der Waals surface area contributed by atoms with Gasteiger partial charge < -0.3 is 25.1 Å². The van der Waals surface area contributed by atoms with Crippen molar-refractivity contribution >= 4 is 12.0 Å². The highest BCUT2D eigenvalue weighted by atomic mass is 16.4. The maximum atomic E-state index is 12.0. The largest absolute Gasteiger partial charge is 0.480 e. The molecule has 96 valence electrons. The zero-order valence-electron chi connectivity index (χ0n) is 9.32. The third kappa shape index (κ3) is 2.20. The molecule has 0 aromatic carbocycles. The van der Waals surface area contributed by atoms with E-state index in [0.717, 1.165) is 0 Å². The molecule has 2 fully saturated rings. The summed E-state index contributed by atoms with van der Waals surface area (Å²) in [5, 5.41) is 27.7. The number of urea groups is 1. The fourth-order valence-corrected chi connectivity index (χ4v) is 2.36. The van der Waals surface area contributed by atoms with E-state index in [1.807, 2.05) is 0 Å². The van der Waals surface area contributed by atoms with Gasteiger partial charge in [0.1, 0.15) is 6.04 Å². The number of nitrogens with zero attached hydrogens (tertiary/aromatic N) is 2. The van der Waals surface area contributed by atoms with E-state index in [2.05, 4.69) is 0 Å². The number of rotatable bonds is 1. The lowest BCUT2D eigenvalue weighted by Crippen LogP contribution is -2.47. The van der Waals surface area contributed by atoms with Gasteiger partial charge in [-0.2, -0.15) is 0 Å². The van der Waals surface area contributed by atoms with E-state index in [0.29, 0.717) is 19.4 Å². The second kappa shape index (κ2) is 4.50. The minimum Gasteiger partial charge on any atom is -0.480 e. The van der Waals surface area contributed by atoms with Crippen LogP contribution in [0.25, 0.3) is 0 Å². The summed E-state index contributed by atoms with van der Waals surface area (Å²) in [5.41, 5.74) is 0. The van der Waals surface area contributed by atoms with Gasteiger partial charge >= 0.3 is 12.0 Å². The number of β-amino-alcohol motifs (C(OH)–C–C–N with tert-alkyl or cyclic N) is 2. The Hall–Kier alpha value is -1.34. The minimum absolute atomic E-state index is 0.0584. The van der Waals surface area contributed by atoms with Gasteiger partial charge in [-0.05, 0) is 12.8 Å². The number of aliphatic carboxylic acids is 1. The van der Waals surface area contributed by atoms with Crippen LogP contribution >= 0.6 is 0 Å². The maximum Gasteiger partial charge on any atom is 0.326 e. The summed E-state index contributed by atoms with van der Waals surface area (Å²) >= 11 is 0. The Bertz CT molecular complexity index is 325. The number of carbonyl (C=O) groups is 2. The number of amides is 2. The third-order valence-electron chi connectivity index (χ3n) is 3.31. The standard InChI is InChI=1S/C10H16N2O5/c13-7-4-11(5-8(7)14)10(17)12-3-1-2-6(12)9(15)16/h6-8,13-14H,1-5H2,(H,15,16). The number of carboxylic acids is 1. The highest BCUT2D eigenvalue weighted by Gasteiger charge is 2.40. The van der Waals surface area contributed by atoms with Crippen LogP contribution in [0.4, 0.5) is 4.79 Å². The summed E-state index contributed by atoms with van der Waals surface area (Å²) < 4.78 is 0. The van der Waals surface area contributed by atoms with Crippen molar-refractivity contribution in [2.45, 2.75) is 31.1 Å². The van der Waals surface area contributed by atoms with Crippen LogP contribution in [0.2, 0.25) is 0 Å². The molecule has 2 aliphatic heterocycles. The maximum absolute atomic E-state index is 12.0. The topological polar surface area (TPSA) is 101 Å². The van der Waals surface area contributed by atoms with E-state index in [4.69, 9.17) is 5.11 Å². The fourth-order valence-electron chi connectivity index (χ4n) is 2.36. The Morgan fingerprint density at radius 3 is 2.24 bits per heavy atom. The van der Waals surface area contributed by atoms with Crippen molar-refractivity contribution in [3.8, 4) is 0 Å². The van der Waals surface area contributed by atoms with Gasteiger partial charge in [0.15, 0.2) is 0 Å². The number of carbonyl (C=O) groups excluding carboxylic acids is 1. The monoisotopic (exact) mass is 244 g/mol. The molecule has 2 saturated heterocycles. The molecule has 3 N–H and O–H groups in total. The minimum atomic E-state index is -1.00. The molecule has 3 atom stereocenters. The molecular formula is C10H16N2O5. The second-order valence-electron chi connectivity index (χ2n) is 4.51. The van der Waals surface area contributed by atoms with Crippen LogP contribution in [0.3, 0.4) is 0 Å². The van der Waals surface area contributed by atoms with E-state index < -0.39 is 30.3 Å². The van der Waals surface area contributed by atoms with Crippen LogP contribution in [0.1, 0.15) is 12.8 Å². The van der Waals surface area contributed by atoms with E-state index in [-0.39, 0.29) is 13.1 Å². The molecule has 2 heterocycles. The summed E-state index contributed by atoms with van der Waals surface area (Å²) in [6, 6.07) is -1.19. The highest BCUT2D eigenvalue weighted by molar-refractivity contribution is 5.83. The van der Waals surface area contributed by atoms with Gasteiger partial charge in [-0.3, -0.25) is 0 Å². The zero-order valence-corrected chi connectivity index (χ0v) is 9.32. The molecule has 3 unspecified atom stereocenters. The van der Waals surface area contributed by atoms with Crippen molar-refractivity contribution < 1.29 is 24.9 Å². The number of hydrogen-bond donors (Lipinski definition) is 3. The first kappa shape index (κ1) is 12.1. The molecule has 0 aromatic heterocycles. The van der Waals surface area contributed by atoms with Crippen LogP contribution in [0.15, 0.2) is 0 Å². The molecule has 0 spiro atoms. The van der Waals surface area contributed by atoms with E-state index in [1.54, 1.807) is 0 Å². The number of aliphatic hydroxyl groups excluding tert-OH is 2. The Labute approximate surface area is 98.2 Å². The van der Waals surface area contributed by atoms with Gasteiger partial charge in [0.05, 0.1) is 25.3 Å². The number of likely N-dealkylation sites (tertiary alicyclic amines) is 2. The molecule has 7 nitrogen and oxygen atoms in total. The lowest BCUT2D eigenvalue weighted by molar-refractivity contribution is -0.141. The van der Waals surface area contributed by atoms with Gasteiger partial charge in [0.25, 0.3) is 0 Å². The highest BCUT2D eigenvalue weighted by Crippen LogP contribution is 2.21. The molecular weight excluding hydrogens is 228 g/mol. The first-order valence-corrected chi connectivity index (χ1v) is 5.65. The number of aliphatic hydroxyl groups is 2. The molecule has 17 heavy (non-hydrogen) atoms. The van der Waals surface area contributed by atoms with Crippen molar-refractivity contribution in [1.82, 2.24) is 9.80 Å². The summed E-state index contributed by atoms with van der Waals surface area (Å²) in [4.78, 5) is 25.6. The molecule has 0 aromatic rings. The molecule has 0 bridgehead atoms. The molecule has 0 saturated carbocycles. The number of carboxylic acid groups (broad SMARTS) is 1. The molecule has 2 aliphatic rings. The average molecular weight is 244 g/mol. The Morgan fingerprint density at radius 2 is 1.71 bits per heavy atom. The molecule has 7 heteroatoms. The summed E-state index contributed by atoms with van der Waals surface area (Å²) in [5.74, 6) is -1.00. The predicted molar refractivity (Wildman–Crippen MR) is 56.3 cm³/mol. The Balaban J connectivity index is 2.03. The predicted octanol–water partition coefficient (Wildman–Crippen LogP) is -1.31. The first-order valence-electron chi connectivity index (χ1n) is 5.65. The van der Waals surface area contributed by atoms with Crippen LogP contribution in [0, 0.1) is 0 Å². The van der Waals surface area contributed by atoms with Crippen LogP contribution in [-0.2, 0) is 4.79 Å². The average Bonchev–Trinajstić information content (AvgIpc) is 2.85. The smallest absolute Gasteiger partial charge is 0.326 e. The van der Waals surface area contributed by atoms with E-state index in [1.165, 1.54) is 9.80 Å². The van der Waals surface area contributed by atoms with Crippen molar-refractivity contribution in [3.63, 3.8) is 0 Å². The van der Waals surface area contributed by atoms with E-state index in [9.17, 15) is 19.8 Å². The molecule has 2 rings (SSSR count). The van der Waals surface area contributed by atoms with E-state index >= 15 is 0 Å². The summed E-state index contributed by atoms with van der Waals surface area (Å²) in [6.45, 7) is 0.532. The van der Waals surface area contributed by atoms with Crippen molar-refractivity contribution in [2.75, 3.05) is 19.6 Å². The van der Waals surface area contributed by atoms with Gasteiger partial charge in [-0.25, -0.2) is 9.59 Å². The third-order valence-corrected chi connectivity index (χ3v) is 3.31. The molecule has 2 amide bonds. The van der Waals surface area contributed by atoms with Gasteiger partial charge in [-0.1, -0.05) is 0 Å². The molecule has 0 aliphatic carbocycles. The van der Waals surface area contributed by atoms with Crippen LogP contribution in [0.5, 0.6) is 0 Å². The van der Waals surface area contributed by atoms with Gasteiger partial charge in [0, 0.05) is 6.54 Å². The first-order chi connectivity index (χ1) is 8.00. The quantitative estimate of drug-likeness (QED) is 0.532. The van der Waals surface area contributed by atoms with Crippen molar-refractivity contribution in [1.29, 1.82) is 0 Å². The van der Waals surface area contributed by atoms with Crippen molar-refractivity contribution in [2.24, 2.45) is 0 Å². The van der Waals surface area contributed by atoms with Crippen LogP contribution < -0.4 is 0 Å². The second-order valence-corrected chi connectivity index (χ2v) is 4.51. The summed E-state index contributed by atoms with van der Waals surface area (Å²) in [6.07, 6.45) is -0.753. The van der Waals surface area contributed by atoms with Crippen molar-refractivity contribution in [3.05, 3.63) is 0 Å². The molecule has 0 radical (unpaired) electrons. The zero-order chi connectivity index (χ0) is 12.6. The fraction of sp³-hybridized carbons (Fsp3) is 0.800. The lowest BCUT2D eigenvalue weighted by atomic mass is 10.2. The SMILES string of the molecule is O=C(O)C1CCCN1C(=O)N1CC(O)C(O)C1. The normalized spacial score (nSPS) is 33.2. The number of hydrogen-bond acceptors (Lipinski definition) is 4. The summed E-state index contributed by atoms with van der Waals surface area (Å²) in [7, 11) is 0. The van der Waals surface area contributed by atoms with Gasteiger partial charge in [-0.15, -0.1) is 0 Å².